The van der Waals surface area contributed by atoms with Crippen molar-refractivity contribution in [1.29, 1.82) is 4.78 Å². The van der Waals surface area contributed by atoms with Gasteiger partial charge in [-0.2, -0.15) is 5.10 Å². The Balaban J connectivity index is 0.00000253. The van der Waals surface area contributed by atoms with Crippen molar-refractivity contribution >= 4 is 32.2 Å². The summed E-state index contributed by atoms with van der Waals surface area (Å²) < 4.78 is 44.8. The maximum absolute atomic E-state index is 15.3. The third-order valence-corrected chi connectivity index (χ3v) is 7.87. The molecule has 0 bridgehead atoms. The van der Waals surface area contributed by atoms with E-state index in [4.69, 9.17) is 9.52 Å². The molecule has 1 atom stereocenters. The average molecular weight is 578 g/mol. The van der Waals surface area contributed by atoms with Crippen molar-refractivity contribution in [2.24, 2.45) is 0 Å². The molecule has 3 aromatic heterocycles. The third kappa shape index (κ3) is 5.92. The number of carbonyl (C=O) groups is 1. The Hall–Kier alpha value is -4.71. The second-order valence-corrected chi connectivity index (χ2v) is 12.4. The molecule has 5 aromatic rings. The number of rotatable bonds is 7. The van der Waals surface area contributed by atoms with E-state index in [0.717, 1.165) is 0 Å². The summed E-state index contributed by atoms with van der Waals surface area (Å²) in [6.45, 7) is 7.69. The zero-order valence-corrected chi connectivity index (χ0v) is 23.7. The first-order valence-electron chi connectivity index (χ1n) is 12.7. The molecule has 41 heavy (non-hydrogen) atoms. The van der Waals surface area contributed by atoms with E-state index in [9.17, 15) is 9.00 Å². The molecule has 0 aliphatic heterocycles. The zero-order chi connectivity index (χ0) is 29.4. The van der Waals surface area contributed by atoms with E-state index in [1.807, 2.05) is 20.8 Å². The van der Waals surface area contributed by atoms with E-state index in [1.165, 1.54) is 36.8 Å². The van der Waals surface area contributed by atoms with Gasteiger partial charge in [0, 0.05) is 33.0 Å². The van der Waals surface area contributed by atoms with Gasteiger partial charge in [0.1, 0.15) is 15.5 Å². The minimum atomic E-state index is -3.51. The van der Waals surface area contributed by atoms with E-state index in [-0.39, 0.29) is 42.3 Å². The van der Waals surface area contributed by atoms with Crippen LogP contribution in [0.3, 0.4) is 0 Å². The summed E-state index contributed by atoms with van der Waals surface area (Å²) in [5.41, 5.74) is 1.80. The highest BCUT2D eigenvalue weighted by molar-refractivity contribution is 7.92. The molecule has 2 aromatic carbocycles. The molecular weight excluding hydrogens is 545 g/mol. The molecule has 1 amide bonds. The van der Waals surface area contributed by atoms with Crippen LogP contribution in [0.25, 0.3) is 10.9 Å². The number of carbonyl (C=O) groups excluding carboxylic acids is 1. The molecule has 3 heterocycles. The largest absolute Gasteiger partial charge is 0.453 e. The lowest BCUT2D eigenvalue weighted by Crippen LogP contribution is -2.22. The first-order valence-corrected chi connectivity index (χ1v) is 14.2. The zero-order valence-electron chi connectivity index (χ0n) is 22.9. The Morgan fingerprint density at radius 2 is 1.88 bits per heavy atom. The Morgan fingerprint density at radius 3 is 2.56 bits per heavy atom. The molecule has 214 valence electrons. The summed E-state index contributed by atoms with van der Waals surface area (Å²) in [5, 5.41) is 7.39. The SMILES string of the molecule is Cc1cc(CC(=O)Nc2cnn(C(C)(C)C)c2)cc(F)c1Oc1ccnc2ccc(S(=N)(=O)c3ncccn3)cc12.[HH].[HH]. The van der Waals surface area contributed by atoms with Gasteiger partial charge in [-0.25, -0.2) is 23.3 Å². The van der Waals surface area contributed by atoms with Crippen LogP contribution in [0.5, 0.6) is 11.5 Å². The van der Waals surface area contributed by atoms with Crippen LogP contribution in [-0.2, 0) is 26.5 Å². The summed E-state index contributed by atoms with van der Waals surface area (Å²) in [7, 11) is -3.51. The molecule has 0 saturated heterocycles. The number of aromatic nitrogens is 5. The monoisotopic (exact) mass is 577 g/mol. The standard InChI is InChI=1S/C29H28FN7O3S.2H2/c1-18-12-19(14-26(38)36-20-16-35-37(17-20)29(2,3)4)13-23(30)27(18)40-25-8-11-32-24-7-6-21(15-22(24)25)41(31,39)28-33-9-5-10-34-28;;/h5-13,15-17,31H,14H2,1-4H3,(H,36,38);2*1H. The van der Waals surface area contributed by atoms with Gasteiger partial charge in [-0.05, 0) is 75.2 Å². The number of fused-ring (bicyclic) bond motifs is 1. The summed E-state index contributed by atoms with van der Waals surface area (Å²) >= 11 is 0. The molecule has 0 spiro atoms. The van der Waals surface area contributed by atoms with Crippen LogP contribution in [0.15, 0.2) is 83.5 Å². The van der Waals surface area contributed by atoms with E-state index in [1.54, 1.807) is 48.3 Å². The number of nitrogens with one attached hydrogen (secondary N) is 2. The highest BCUT2D eigenvalue weighted by Gasteiger charge is 2.20. The molecule has 1 unspecified atom stereocenters. The first kappa shape index (κ1) is 27.8. The number of amides is 1. The minimum absolute atomic E-state index is 0. The normalized spacial score (nSPS) is 13.1. The predicted octanol–water partition coefficient (Wildman–Crippen LogP) is 6.35. The number of halogens is 1. The van der Waals surface area contributed by atoms with Crippen LogP contribution in [-0.4, -0.2) is 34.8 Å². The molecule has 0 saturated carbocycles. The van der Waals surface area contributed by atoms with Crippen LogP contribution < -0.4 is 10.1 Å². The van der Waals surface area contributed by atoms with E-state index < -0.39 is 15.5 Å². The van der Waals surface area contributed by atoms with E-state index in [2.05, 4.69) is 25.4 Å². The highest BCUT2D eigenvalue weighted by Crippen LogP contribution is 2.35. The molecular formula is C29H32FN7O3S. The molecule has 5 rings (SSSR count). The molecule has 0 radical (unpaired) electrons. The summed E-state index contributed by atoms with van der Waals surface area (Å²) in [6.07, 6.45) is 7.64. The van der Waals surface area contributed by atoms with Crippen LogP contribution in [0.2, 0.25) is 0 Å². The third-order valence-electron chi connectivity index (χ3n) is 6.22. The van der Waals surface area contributed by atoms with Crippen molar-refractivity contribution in [2.75, 3.05) is 5.32 Å². The quantitative estimate of drug-likeness (QED) is 0.215. The van der Waals surface area contributed by atoms with Gasteiger partial charge in [-0.15, -0.1) is 0 Å². The van der Waals surface area contributed by atoms with Crippen molar-refractivity contribution in [3.8, 4) is 11.5 Å². The second-order valence-electron chi connectivity index (χ2n) is 10.5. The van der Waals surface area contributed by atoms with Gasteiger partial charge in [0.25, 0.3) is 0 Å². The Bertz CT molecular complexity index is 1860. The van der Waals surface area contributed by atoms with Crippen molar-refractivity contribution < 1.29 is 21.0 Å². The van der Waals surface area contributed by atoms with Crippen molar-refractivity contribution in [3.63, 3.8) is 0 Å². The molecule has 12 heteroatoms. The van der Waals surface area contributed by atoms with Gasteiger partial charge >= 0.3 is 0 Å². The van der Waals surface area contributed by atoms with Gasteiger partial charge in [0.05, 0.1) is 34.3 Å². The summed E-state index contributed by atoms with van der Waals surface area (Å²) in [5.74, 6) is -0.697. The maximum atomic E-state index is 15.3. The van der Waals surface area contributed by atoms with Gasteiger partial charge < -0.3 is 10.1 Å². The lowest BCUT2D eigenvalue weighted by atomic mass is 10.1. The smallest absolute Gasteiger partial charge is 0.231 e. The lowest BCUT2D eigenvalue weighted by Gasteiger charge is -2.18. The number of ether oxygens (including phenoxy) is 1. The number of pyridine rings is 1. The van der Waals surface area contributed by atoms with Gasteiger partial charge in [-0.1, -0.05) is 6.07 Å². The number of anilines is 1. The molecule has 0 aliphatic carbocycles. The number of aryl methyl sites for hydroxylation is 1. The second kappa shape index (κ2) is 10.7. The van der Waals surface area contributed by atoms with Crippen LogP contribution in [0.1, 0.15) is 34.8 Å². The first-order chi connectivity index (χ1) is 19.4. The summed E-state index contributed by atoms with van der Waals surface area (Å²) in [4.78, 5) is 25.1. The Labute approximate surface area is 239 Å². The molecule has 10 nitrogen and oxygen atoms in total. The van der Waals surface area contributed by atoms with Crippen LogP contribution >= 0.6 is 0 Å². The topological polar surface area (TPSA) is 136 Å². The average Bonchev–Trinajstić information content (AvgIpc) is 3.40. The van der Waals surface area contributed by atoms with Gasteiger partial charge in [0.15, 0.2) is 11.6 Å². The maximum Gasteiger partial charge on any atom is 0.231 e. The fraction of sp³-hybridized carbons (Fsp3) is 0.207. The van der Waals surface area contributed by atoms with Gasteiger partial charge in [-0.3, -0.25) is 14.5 Å². The Morgan fingerprint density at radius 1 is 1.12 bits per heavy atom. The number of hydrogen-bond acceptors (Lipinski definition) is 8. The van der Waals surface area contributed by atoms with E-state index >= 15 is 4.39 Å². The summed E-state index contributed by atoms with van der Waals surface area (Å²) in [6, 6.07) is 10.8. The molecule has 2 N–H and O–H groups in total. The molecule has 0 aliphatic rings. The van der Waals surface area contributed by atoms with Crippen molar-refractivity contribution in [1.82, 2.24) is 24.7 Å². The van der Waals surface area contributed by atoms with Crippen LogP contribution in [0.4, 0.5) is 10.1 Å². The van der Waals surface area contributed by atoms with Crippen molar-refractivity contribution in [3.05, 3.63) is 90.4 Å². The minimum Gasteiger partial charge on any atom is -0.453 e. The predicted molar refractivity (Wildman–Crippen MR) is 156 cm³/mol. The fourth-order valence-electron chi connectivity index (χ4n) is 4.20. The fourth-order valence-corrected chi connectivity index (χ4v) is 5.37. The van der Waals surface area contributed by atoms with E-state index in [0.29, 0.717) is 27.7 Å². The van der Waals surface area contributed by atoms with Crippen molar-refractivity contribution in [2.45, 2.75) is 49.7 Å². The Kier molecular flexibility index (Phi) is 7.26. The number of benzene rings is 2. The number of nitrogens with zero attached hydrogens (tertiary/aromatic N) is 5. The van der Waals surface area contributed by atoms with Gasteiger partial charge in [0.2, 0.25) is 11.1 Å². The van der Waals surface area contributed by atoms with Crippen LogP contribution in [0, 0.1) is 17.5 Å². The molecule has 0 fully saturated rings. The lowest BCUT2D eigenvalue weighted by molar-refractivity contribution is -0.115. The number of hydrogen-bond donors (Lipinski definition) is 2. The highest BCUT2D eigenvalue weighted by atomic mass is 32.2.